The number of nitrogens with zero attached hydrogens (tertiary/aromatic N) is 3. The van der Waals surface area contributed by atoms with Crippen LogP contribution in [0.5, 0.6) is 0 Å². The van der Waals surface area contributed by atoms with Gasteiger partial charge in [0.15, 0.2) is 5.82 Å². The van der Waals surface area contributed by atoms with Gasteiger partial charge >= 0.3 is 0 Å². The van der Waals surface area contributed by atoms with Crippen LogP contribution in [0.3, 0.4) is 0 Å². The number of carbonyl (C=O) groups is 1. The van der Waals surface area contributed by atoms with Crippen molar-refractivity contribution >= 4 is 16.9 Å². The van der Waals surface area contributed by atoms with Gasteiger partial charge in [-0.1, -0.05) is 18.2 Å². The van der Waals surface area contributed by atoms with Crippen molar-refractivity contribution in [3.63, 3.8) is 0 Å². The maximum absolute atomic E-state index is 14.3. The highest BCUT2D eigenvalue weighted by molar-refractivity contribution is 6.06. The molecule has 5 rings (SSSR count). The van der Waals surface area contributed by atoms with Crippen LogP contribution < -0.4 is 5.32 Å². The van der Waals surface area contributed by atoms with Crippen LogP contribution in [0, 0.1) is 5.82 Å². The van der Waals surface area contributed by atoms with E-state index < -0.39 is 0 Å². The van der Waals surface area contributed by atoms with Crippen molar-refractivity contribution in [2.45, 2.75) is 6.54 Å². The van der Waals surface area contributed by atoms with Gasteiger partial charge < -0.3 is 14.5 Å². The fraction of sp³-hybridized carbons (Fsp3) is 0.100. The normalized spacial score (nSPS) is 13.7. The number of aromatic nitrogens is 3. The number of amides is 1. The highest BCUT2D eigenvalue weighted by Gasteiger charge is 2.23. The molecule has 0 radical (unpaired) electrons. The fourth-order valence-electron chi connectivity index (χ4n) is 3.58. The monoisotopic (exact) mass is 346 g/mol. The van der Waals surface area contributed by atoms with Gasteiger partial charge in [0.25, 0.3) is 5.91 Å². The van der Waals surface area contributed by atoms with E-state index >= 15 is 0 Å². The molecule has 2 aromatic carbocycles. The molecule has 3 heterocycles. The number of halogens is 1. The topological polar surface area (TPSA) is 51.9 Å². The summed E-state index contributed by atoms with van der Waals surface area (Å²) in [4.78, 5) is 17.1. The summed E-state index contributed by atoms with van der Waals surface area (Å²) >= 11 is 0. The van der Waals surface area contributed by atoms with Crippen LogP contribution >= 0.6 is 0 Å². The van der Waals surface area contributed by atoms with Gasteiger partial charge in [-0.25, -0.2) is 9.37 Å². The average molecular weight is 346 g/mol. The number of nitrogens with one attached hydrogen (secondary N) is 1. The lowest BCUT2D eigenvalue weighted by Crippen LogP contribution is -2.24. The van der Waals surface area contributed by atoms with Crippen LogP contribution in [0.4, 0.5) is 4.39 Å². The van der Waals surface area contributed by atoms with E-state index in [0.717, 1.165) is 22.6 Å². The molecule has 128 valence electrons. The van der Waals surface area contributed by atoms with Gasteiger partial charge in [-0.3, -0.25) is 4.79 Å². The SMILES string of the molecule is O=C1NCCn2c(-c3cccn3-c3ccccc3F)nc3cccc1c32. The maximum Gasteiger partial charge on any atom is 0.253 e. The predicted molar refractivity (Wildman–Crippen MR) is 96.8 cm³/mol. The molecule has 5 nitrogen and oxygen atoms in total. The Labute approximate surface area is 148 Å². The predicted octanol–water partition coefficient (Wildman–Crippen LogP) is 3.38. The first kappa shape index (κ1) is 14.9. The van der Waals surface area contributed by atoms with Crippen LogP contribution in [0.25, 0.3) is 28.2 Å². The van der Waals surface area contributed by atoms with E-state index in [2.05, 4.69) is 5.32 Å². The number of para-hydroxylation sites is 2. The molecule has 6 heteroatoms. The Bertz CT molecular complexity index is 1160. The van der Waals surface area contributed by atoms with E-state index in [-0.39, 0.29) is 11.7 Å². The molecule has 1 N–H and O–H groups in total. The summed E-state index contributed by atoms with van der Waals surface area (Å²) in [6, 6.07) is 16.0. The average Bonchev–Trinajstić information content (AvgIpc) is 3.22. The lowest BCUT2D eigenvalue weighted by Gasteiger charge is -2.12. The first-order valence-corrected chi connectivity index (χ1v) is 8.44. The molecule has 0 atom stereocenters. The van der Waals surface area contributed by atoms with E-state index in [1.165, 1.54) is 6.07 Å². The molecule has 1 amide bonds. The summed E-state index contributed by atoms with van der Waals surface area (Å²) in [6.07, 6.45) is 1.82. The molecule has 0 aliphatic carbocycles. The van der Waals surface area contributed by atoms with E-state index in [4.69, 9.17) is 4.98 Å². The second-order valence-corrected chi connectivity index (χ2v) is 6.23. The van der Waals surface area contributed by atoms with E-state index in [0.29, 0.717) is 24.3 Å². The molecule has 0 unspecified atom stereocenters. The smallest absolute Gasteiger partial charge is 0.253 e. The van der Waals surface area contributed by atoms with E-state index in [9.17, 15) is 9.18 Å². The summed E-state index contributed by atoms with van der Waals surface area (Å²) < 4.78 is 18.2. The number of rotatable bonds is 2. The second-order valence-electron chi connectivity index (χ2n) is 6.23. The van der Waals surface area contributed by atoms with Gasteiger partial charge in [-0.05, 0) is 36.4 Å². The minimum atomic E-state index is -0.297. The number of hydrogen-bond donors (Lipinski definition) is 1. The first-order chi connectivity index (χ1) is 12.7. The van der Waals surface area contributed by atoms with Gasteiger partial charge in [0.05, 0.1) is 28.0 Å². The van der Waals surface area contributed by atoms with Crippen molar-refractivity contribution in [3.8, 4) is 17.2 Å². The van der Waals surface area contributed by atoms with Gasteiger partial charge in [-0.2, -0.15) is 0 Å². The summed E-state index contributed by atoms with van der Waals surface area (Å²) in [7, 11) is 0. The summed E-state index contributed by atoms with van der Waals surface area (Å²) in [6.45, 7) is 1.13. The molecule has 0 bridgehead atoms. The molecule has 0 saturated heterocycles. The third-order valence-electron chi connectivity index (χ3n) is 4.72. The quantitative estimate of drug-likeness (QED) is 0.605. The summed E-state index contributed by atoms with van der Waals surface area (Å²) in [5.41, 5.74) is 3.44. The molecule has 1 aliphatic heterocycles. The van der Waals surface area contributed by atoms with Crippen molar-refractivity contribution in [1.82, 2.24) is 19.4 Å². The molecule has 26 heavy (non-hydrogen) atoms. The van der Waals surface area contributed by atoms with E-state index in [1.807, 2.05) is 35.0 Å². The number of imidazole rings is 1. The largest absolute Gasteiger partial charge is 0.350 e. The molecule has 0 saturated carbocycles. The third kappa shape index (κ3) is 2.08. The zero-order valence-corrected chi connectivity index (χ0v) is 13.8. The standard InChI is InChI=1S/C20H15FN4O/c21-14-6-1-2-8-16(14)24-11-4-9-17(24)19-23-15-7-3-5-13-18(15)25(19)12-10-22-20(13)26/h1-9,11H,10,12H2,(H,22,26). The van der Waals surface area contributed by atoms with Crippen LogP contribution in [0.2, 0.25) is 0 Å². The molecular weight excluding hydrogens is 331 g/mol. The highest BCUT2D eigenvalue weighted by atomic mass is 19.1. The van der Waals surface area contributed by atoms with Gasteiger partial charge in [0.2, 0.25) is 0 Å². The van der Waals surface area contributed by atoms with Crippen LogP contribution in [-0.2, 0) is 6.54 Å². The van der Waals surface area contributed by atoms with Crippen LogP contribution in [0.1, 0.15) is 10.4 Å². The molecular formula is C20H15FN4O. The Morgan fingerprint density at radius 2 is 1.92 bits per heavy atom. The minimum absolute atomic E-state index is 0.0923. The number of carbonyl (C=O) groups excluding carboxylic acids is 1. The third-order valence-corrected chi connectivity index (χ3v) is 4.72. The van der Waals surface area contributed by atoms with Crippen molar-refractivity contribution in [3.05, 3.63) is 72.2 Å². The van der Waals surface area contributed by atoms with Crippen LogP contribution in [0.15, 0.2) is 60.8 Å². The zero-order valence-electron chi connectivity index (χ0n) is 13.8. The summed E-state index contributed by atoms with van der Waals surface area (Å²) in [5, 5.41) is 2.91. The van der Waals surface area contributed by atoms with Crippen molar-refractivity contribution in [1.29, 1.82) is 0 Å². The van der Waals surface area contributed by atoms with Gasteiger partial charge in [0, 0.05) is 19.3 Å². The summed E-state index contributed by atoms with van der Waals surface area (Å²) in [5.74, 6) is 0.331. The van der Waals surface area contributed by atoms with Gasteiger partial charge in [-0.15, -0.1) is 0 Å². The Kier molecular flexibility index (Phi) is 3.18. The highest BCUT2D eigenvalue weighted by Crippen LogP contribution is 2.30. The zero-order chi connectivity index (χ0) is 17.7. The Hall–Kier alpha value is -3.41. The second kappa shape index (κ2) is 5.56. The Morgan fingerprint density at radius 1 is 1.04 bits per heavy atom. The van der Waals surface area contributed by atoms with Crippen LogP contribution in [-0.4, -0.2) is 26.6 Å². The van der Waals surface area contributed by atoms with Crippen molar-refractivity contribution in [2.75, 3.05) is 6.54 Å². The Balaban J connectivity index is 1.79. The van der Waals surface area contributed by atoms with Crippen molar-refractivity contribution in [2.24, 2.45) is 0 Å². The lowest BCUT2D eigenvalue weighted by atomic mass is 10.2. The molecule has 0 fully saturated rings. The Morgan fingerprint density at radius 3 is 2.81 bits per heavy atom. The lowest BCUT2D eigenvalue weighted by molar-refractivity contribution is 0.0956. The first-order valence-electron chi connectivity index (χ1n) is 8.44. The fourth-order valence-corrected chi connectivity index (χ4v) is 3.58. The number of hydrogen-bond acceptors (Lipinski definition) is 2. The molecule has 0 spiro atoms. The van der Waals surface area contributed by atoms with E-state index in [1.54, 1.807) is 28.8 Å². The molecule has 4 aromatic rings. The molecule has 1 aliphatic rings. The number of benzene rings is 2. The maximum atomic E-state index is 14.3. The molecule has 2 aromatic heterocycles. The van der Waals surface area contributed by atoms with Crippen molar-refractivity contribution < 1.29 is 9.18 Å². The minimum Gasteiger partial charge on any atom is -0.350 e. The van der Waals surface area contributed by atoms with Gasteiger partial charge in [0.1, 0.15) is 5.82 Å².